The van der Waals surface area contributed by atoms with E-state index in [0.717, 1.165) is 19.6 Å². The molecule has 0 radical (unpaired) electrons. The molecule has 0 heterocycles. The highest BCUT2D eigenvalue weighted by Gasteiger charge is 2.20. The number of likely N-dealkylation sites (N-methyl/N-ethyl adjacent to an activating group) is 1. The van der Waals surface area contributed by atoms with Gasteiger partial charge in [-0.05, 0) is 13.1 Å². The fourth-order valence-electron chi connectivity index (χ4n) is 1.74. The van der Waals surface area contributed by atoms with E-state index < -0.39 is 11.9 Å². The highest BCUT2D eigenvalue weighted by atomic mass is 16.5. The molecule has 0 saturated heterocycles. The van der Waals surface area contributed by atoms with Crippen molar-refractivity contribution in [3.63, 3.8) is 0 Å². The van der Waals surface area contributed by atoms with Crippen molar-refractivity contribution >= 4 is 11.9 Å². The van der Waals surface area contributed by atoms with E-state index >= 15 is 0 Å². The van der Waals surface area contributed by atoms with Gasteiger partial charge in [0.15, 0.2) is 0 Å². The molecular formula is C13H26N2O4. The molecule has 1 atom stereocenters. The smallest absolute Gasteiger partial charge is 0.308 e. The van der Waals surface area contributed by atoms with Gasteiger partial charge in [-0.1, -0.05) is 20.8 Å². The number of carboxylic acid groups (broad SMARTS) is 1. The van der Waals surface area contributed by atoms with Gasteiger partial charge in [0.2, 0.25) is 5.91 Å². The molecular weight excluding hydrogens is 248 g/mol. The summed E-state index contributed by atoms with van der Waals surface area (Å²) in [6.45, 7) is 9.04. The van der Waals surface area contributed by atoms with E-state index in [0.29, 0.717) is 6.54 Å². The van der Waals surface area contributed by atoms with Gasteiger partial charge in [0.05, 0.1) is 5.92 Å². The lowest BCUT2D eigenvalue weighted by molar-refractivity contribution is -0.144. The summed E-state index contributed by atoms with van der Waals surface area (Å²) in [5.41, 5.74) is 0. The zero-order valence-electron chi connectivity index (χ0n) is 12.4. The molecule has 1 N–H and O–H groups in total. The first-order chi connectivity index (χ1) is 8.96. The van der Waals surface area contributed by atoms with Crippen molar-refractivity contribution in [3.8, 4) is 0 Å². The maximum atomic E-state index is 11.9. The largest absolute Gasteiger partial charge is 0.481 e. The zero-order chi connectivity index (χ0) is 14.8. The number of hydrogen-bond donors (Lipinski definition) is 1. The third-order valence-corrected chi connectivity index (χ3v) is 3.12. The van der Waals surface area contributed by atoms with Crippen molar-refractivity contribution in [1.29, 1.82) is 0 Å². The quantitative estimate of drug-likeness (QED) is 0.629. The van der Waals surface area contributed by atoms with Gasteiger partial charge in [-0.2, -0.15) is 0 Å². The number of hydrogen-bond acceptors (Lipinski definition) is 4. The fraction of sp³-hybridized carbons (Fsp3) is 0.846. The molecule has 0 aliphatic heterocycles. The molecule has 0 aromatic heterocycles. The molecule has 1 unspecified atom stereocenters. The van der Waals surface area contributed by atoms with Crippen LogP contribution in [0.4, 0.5) is 0 Å². The van der Waals surface area contributed by atoms with E-state index in [1.807, 2.05) is 0 Å². The number of rotatable bonds is 10. The van der Waals surface area contributed by atoms with Crippen molar-refractivity contribution in [3.05, 3.63) is 0 Å². The minimum Gasteiger partial charge on any atom is -0.481 e. The van der Waals surface area contributed by atoms with Crippen molar-refractivity contribution in [1.82, 2.24) is 9.80 Å². The van der Waals surface area contributed by atoms with Crippen molar-refractivity contribution in [2.24, 2.45) is 5.92 Å². The minimum absolute atomic E-state index is 0.00934. The Morgan fingerprint density at radius 1 is 1.21 bits per heavy atom. The van der Waals surface area contributed by atoms with Gasteiger partial charge in [-0.15, -0.1) is 0 Å². The Labute approximate surface area is 115 Å². The molecule has 0 aromatic carbocycles. The van der Waals surface area contributed by atoms with Crippen molar-refractivity contribution in [2.75, 3.05) is 46.4 Å². The number of carbonyl (C=O) groups excluding carboxylic acids is 1. The van der Waals surface area contributed by atoms with Gasteiger partial charge >= 0.3 is 5.97 Å². The molecule has 0 rings (SSSR count). The van der Waals surface area contributed by atoms with Gasteiger partial charge in [0.25, 0.3) is 0 Å². The Morgan fingerprint density at radius 3 is 2.21 bits per heavy atom. The first kappa shape index (κ1) is 17.9. The minimum atomic E-state index is -0.891. The molecule has 6 nitrogen and oxygen atoms in total. The topological polar surface area (TPSA) is 70.1 Å². The van der Waals surface area contributed by atoms with E-state index in [1.165, 1.54) is 7.11 Å². The Bertz CT molecular complexity index is 280. The second-order valence-electron chi connectivity index (χ2n) is 4.54. The average Bonchev–Trinajstić information content (AvgIpc) is 2.38. The third kappa shape index (κ3) is 7.12. The normalized spacial score (nSPS) is 12.5. The Balaban J connectivity index is 4.49. The van der Waals surface area contributed by atoms with Crippen LogP contribution in [0.25, 0.3) is 0 Å². The molecule has 0 aliphatic rings. The van der Waals surface area contributed by atoms with Crippen LogP contribution in [0.2, 0.25) is 0 Å². The van der Waals surface area contributed by atoms with E-state index in [-0.39, 0.29) is 19.1 Å². The lowest BCUT2D eigenvalue weighted by Crippen LogP contribution is -2.43. The predicted molar refractivity (Wildman–Crippen MR) is 73.0 cm³/mol. The third-order valence-electron chi connectivity index (χ3n) is 3.12. The highest BCUT2D eigenvalue weighted by Crippen LogP contribution is 2.02. The number of nitrogens with zero attached hydrogens (tertiary/aromatic N) is 2. The first-order valence-corrected chi connectivity index (χ1v) is 6.68. The van der Waals surface area contributed by atoms with Gasteiger partial charge in [0, 0.05) is 26.7 Å². The maximum absolute atomic E-state index is 11.9. The number of methoxy groups -OCH3 is 1. The number of carboxylic acids is 1. The van der Waals surface area contributed by atoms with Crippen LogP contribution in [0.5, 0.6) is 0 Å². The maximum Gasteiger partial charge on any atom is 0.308 e. The summed E-state index contributed by atoms with van der Waals surface area (Å²) in [7, 11) is 1.46. The summed E-state index contributed by atoms with van der Waals surface area (Å²) in [6, 6.07) is 0. The molecule has 6 heteroatoms. The van der Waals surface area contributed by atoms with Gasteiger partial charge in [-0.25, -0.2) is 0 Å². The molecule has 0 fully saturated rings. The molecule has 1 amide bonds. The number of amides is 1. The summed E-state index contributed by atoms with van der Waals surface area (Å²) >= 11 is 0. The van der Waals surface area contributed by atoms with Crippen LogP contribution in [-0.4, -0.2) is 73.2 Å². The van der Waals surface area contributed by atoms with Crippen LogP contribution >= 0.6 is 0 Å². The second kappa shape index (κ2) is 9.75. The van der Waals surface area contributed by atoms with Crippen molar-refractivity contribution in [2.45, 2.75) is 20.8 Å². The van der Waals surface area contributed by atoms with Crippen LogP contribution in [-0.2, 0) is 14.3 Å². The van der Waals surface area contributed by atoms with Crippen LogP contribution < -0.4 is 0 Å². The summed E-state index contributed by atoms with van der Waals surface area (Å²) in [5, 5.41) is 8.93. The van der Waals surface area contributed by atoms with Gasteiger partial charge in [-0.3, -0.25) is 9.59 Å². The summed E-state index contributed by atoms with van der Waals surface area (Å²) in [6.07, 6.45) is 0. The average molecular weight is 274 g/mol. The van der Waals surface area contributed by atoms with Crippen LogP contribution in [0, 0.1) is 5.92 Å². The number of ether oxygens (including phenoxy) is 1. The molecule has 0 saturated carbocycles. The predicted octanol–water partition coefficient (Wildman–Crippen LogP) is 0.524. The Kier molecular flexibility index (Phi) is 9.16. The molecule has 0 bridgehead atoms. The number of aliphatic carboxylic acids is 1. The fourth-order valence-corrected chi connectivity index (χ4v) is 1.74. The second-order valence-corrected chi connectivity index (χ2v) is 4.54. The number of carbonyl (C=O) groups is 2. The molecule has 0 aliphatic carbocycles. The summed E-state index contributed by atoms with van der Waals surface area (Å²) < 4.78 is 4.83. The first-order valence-electron chi connectivity index (χ1n) is 6.68. The van der Waals surface area contributed by atoms with Crippen LogP contribution in [0.1, 0.15) is 20.8 Å². The van der Waals surface area contributed by atoms with Gasteiger partial charge in [0.1, 0.15) is 6.61 Å². The summed E-state index contributed by atoms with van der Waals surface area (Å²) in [5.74, 6) is -1.63. The standard InChI is InChI=1S/C13H26N2O4/c1-5-14(6-2)7-8-15(12(16)10-19-4)9-11(3)13(17)18/h11H,5-10H2,1-4H3,(H,17,18). The Hall–Kier alpha value is -1.14. The van der Waals surface area contributed by atoms with E-state index in [1.54, 1.807) is 11.8 Å². The van der Waals surface area contributed by atoms with Crippen LogP contribution in [0.3, 0.4) is 0 Å². The van der Waals surface area contributed by atoms with E-state index in [2.05, 4.69) is 18.7 Å². The van der Waals surface area contributed by atoms with Crippen molar-refractivity contribution < 1.29 is 19.4 Å². The lowest BCUT2D eigenvalue weighted by Gasteiger charge is -2.27. The Morgan fingerprint density at radius 2 is 1.79 bits per heavy atom. The molecule has 112 valence electrons. The van der Waals surface area contributed by atoms with Gasteiger partial charge < -0.3 is 19.6 Å². The monoisotopic (exact) mass is 274 g/mol. The molecule has 0 aromatic rings. The van der Waals surface area contributed by atoms with E-state index in [4.69, 9.17) is 9.84 Å². The molecule has 0 spiro atoms. The summed E-state index contributed by atoms with van der Waals surface area (Å²) in [4.78, 5) is 26.5. The highest BCUT2D eigenvalue weighted by molar-refractivity contribution is 5.78. The van der Waals surface area contributed by atoms with E-state index in [9.17, 15) is 9.59 Å². The zero-order valence-corrected chi connectivity index (χ0v) is 12.4. The van der Waals surface area contributed by atoms with Crippen LogP contribution in [0.15, 0.2) is 0 Å². The SMILES string of the molecule is CCN(CC)CCN(CC(C)C(=O)O)C(=O)COC. The molecule has 19 heavy (non-hydrogen) atoms. The lowest BCUT2D eigenvalue weighted by atomic mass is 10.1.